The molecule has 7 nitrogen and oxygen atoms in total. The maximum absolute atomic E-state index is 11.8. The second kappa shape index (κ2) is 9.63. The van der Waals surface area contributed by atoms with Gasteiger partial charge in [-0.2, -0.15) is 5.26 Å². The number of methoxy groups -OCH3 is 2. The van der Waals surface area contributed by atoms with Crippen molar-refractivity contribution in [3.05, 3.63) is 59.7 Å². The van der Waals surface area contributed by atoms with Crippen molar-refractivity contribution in [2.24, 2.45) is 0 Å². The molecule has 0 aliphatic heterocycles. The lowest BCUT2D eigenvalue weighted by Crippen LogP contribution is -2.20. The van der Waals surface area contributed by atoms with Crippen LogP contribution in [0.5, 0.6) is 11.5 Å². The standard InChI is InChI=1S/C20H18N2O5/c1-25-17-9-5-14(11-18(17)26-2)6-10-20(24)27-13-19(23)22-16-7-3-15(12-21)4-8-16/h3-11H,13H2,1-2H3,(H,22,23)/b10-6+. The Balaban J connectivity index is 1.85. The molecule has 2 aromatic rings. The number of esters is 1. The van der Waals surface area contributed by atoms with Gasteiger partial charge in [-0.15, -0.1) is 0 Å². The average Bonchev–Trinajstić information content (AvgIpc) is 2.71. The van der Waals surface area contributed by atoms with E-state index in [2.05, 4.69) is 5.32 Å². The van der Waals surface area contributed by atoms with E-state index in [-0.39, 0.29) is 0 Å². The van der Waals surface area contributed by atoms with E-state index in [1.54, 1.807) is 48.5 Å². The maximum Gasteiger partial charge on any atom is 0.331 e. The van der Waals surface area contributed by atoms with E-state index >= 15 is 0 Å². The molecule has 2 rings (SSSR count). The number of hydrogen-bond donors (Lipinski definition) is 1. The van der Waals surface area contributed by atoms with Crippen LogP contribution in [0.4, 0.5) is 5.69 Å². The van der Waals surface area contributed by atoms with Gasteiger partial charge in [0.15, 0.2) is 18.1 Å². The molecule has 1 amide bonds. The third kappa shape index (κ3) is 5.90. The molecule has 0 atom stereocenters. The van der Waals surface area contributed by atoms with Crippen molar-refractivity contribution in [1.29, 1.82) is 5.26 Å². The summed E-state index contributed by atoms with van der Waals surface area (Å²) in [4.78, 5) is 23.5. The number of nitrogens with zero attached hydrogens (tertiary/aromatic N) is 1. The number of amides is 1. The van der Waals surface area contributed by atoms with Crippen molar-refractivity contribution in [1.82, 2.24) is 0 Å². The number of ether oxygens (including phenoxy) is 3. The molecule has 0 aliphatic rings. The Morgan fingerprint density at radius 1 is 1.07 bits per heavy atom. The molecule has 2 aromatic carbocycles. The van der Waals surface area contributed by atoms with Crippen LogP contribution >= 0.6 is 0 Å². The van der Waals surface area contributed by atoms with Gasteiger partial charge in [0.2, 0.25) is 0 Å². The predicted molar refractivity (Wildman–Crippen MR) is 99.3 cm³/mol. The van der Waals surface area contributed by atoms with E-state index in [1.165, 1.54) is 20.3 Å². The molecule has 27 heavy (non-hydrogen) atoms. The van der Waals surface area contributed by atoms with Gasteiger partial charge in [-0.1, -0.05) is 6.07 Å². The highest BCUT2D eigenvalue weighted by atomic mass is 16.5. The predicted octanol–water partition coefficient (Wildman–Crippen LogP) is 2.77. The Morgan fingerprint density at radius 3 is 2.41 bits per heavy atom. The largest absolute Gasteiger partial charge is 0.493 e. The zero-order valence-corrected chi connectivity index (χ0v) is 14.9. The highest BCUT2D eigenvalue weighted by molar-refractivity contribution is 5.94. The summed E-state index contributed by atoms with van der Waals surface area (Å²) in [5.74, 6) is -0.0150. The first-order chi connectivity index (χ1) is 13.0. The monoisotopic (exact) mass is 366 g/mol. The van der Waals surface area contributed by atoms with Gasteiger partial charge >= 0.3 is 5.97 Å². The Morgan fingerprint density at radius 2 is 1.78 bits per heavy atom. The molecule has 0 fully saturated rings. The number of nitrogens with one attached hydrogen (secondary N) is 1. The van der Waals surface area contributed by atoms with Crippen LogP contribution in [0.3, 0.4) is 0 Å². The molecule has 0 aliphatic carbocycles. The molecule has 138 valence electrons. The summed E-state index contributed by atoms with van der Waals surface area (Å²) < 4.78 is 15.2. The highest BCUT2D eigenvalue weighted by Crippen LogP contribution is 2.27. The van der Waals surface area contributed by atoms with Crippen LogP contribution in [0, 0.1) is 11.3 Å². The van der Waals surface area contributed by atoms with Gasteiger partial charge in [0, 0.05) is 11.8 Å². The summed E-state index contributed by atoms with van der Waals surface area (Å²) in [7, 11) is 3.06. The van der Waals surface area contributed by atoms with Crippen LogP contribution in [-0.2, 0) is 14.3 Å². The summed E-state index contributed by atoms with van der Waals surface area (Å²) in [6, 6.07) is 13.5. The number of rotatable bonds is 7. The van der Waals surface area contributed by atoms with E-state index in [1.807, 2.05) is 6.07 Å². The minimum absolute atomic E-state index is 0.422. The quantitative estimate of drug-likeness (QED) is 0.598. The molecule has 7 heteroatoms. The van der Waals surface area contributed by atoms with Crippen LogP contribution in [0.25, 0.3) is 6.08 Å². The fourth-order valence-electron chi connectivity index (χ4n) is 2.13. The minimum atomic E-state index is -0.653. The topological polar surface area (TPSA) is 97.6 Å². The van der Waals surface area contributed by atoms with Crippen molar-refractivity contribution in [3.8, 4) is 17.6 Å². The van der Waals surface area contributed by atoms with Gasteiger partial charge < -0.3 is 19.5 Å². The molecule has 0 aromatic heterocycles. The Bertz CT molecular complexity index is 882. The summed E-state index contributed by atoms with van der Waals surface area (Å²) in [6.45, 7) is -0.422. The lowest BCUT2D eigenvalue weighted by Gasteiger charge is -2.07. The normalized spacial score (nSPS) is 10.1. The van der Waals surface area contributed by atoms with E-state index in [4.69, 9.17) is 19.5 Å². The van der Waals surface area contributed by atoms with Crippen molar-refractivity contribution in [2.75, 3.05) is 26.1 Å². The minimum Gasteiger partial charge on any atom is -0.493 e. The number of carbonyl (C=O) groups excluding carboxylic acids is 2. The third-order valence-corrected chi connectivity index (χ3v) is 3.46. The second-order valence-electron chi connectivity index (χ2n) is 5.29. The molecular weight excluding hydrogens is 348 g/mol. The molecule has 0 bridgehead atoms. The van der Waals surface area contributed by atoms with Crippen LogP contribution in [0.15, 0.2) is 48.5 Å². The Kier molecular flexibility index (Phi) is 6.97. The second-order valence-corrected chi connectivity index (χ2v) is 5.29. The number of anilines is 1. The molecule has 0 heterocycles. The molecule has 0 unspecified atom stereocenters. The lowest BCUT2D eigenvalue weighted by molar-refractivity contribution is -0.142. The zero-order chi connectivity index (χ0) is 19.6. The fourth-order valence-corrected chi connectivity index (χ4v) is 2.13. The molecular formula is C20H18N2O5. The molecule has 0 spiro atoms. The van der Waals surface area contributed by atoms with Gasteiger partial charge in [-0.3, -0.25) is 4.79 Å². The first-order valence-electron chi connectivity index (χ1n) is 7.92. The molecule has 1 N–H and O–H groups in total. The number of carbonyl (C=O) groups is 2. The van der Waals surface area contributed by atoms with E-state index in [0.717, 1.165) is 0 Å². The van der Waals surface area contributed by atoms with Gasteiger partial charge in [-0.05, 0) is 48.0 Å². The van der Waals surface area contributed by atoms with Gasteiger partial charge in [-0.25, -0.2) is 4.79 Å². The van der Waals surface area contributed by atoms with E-state index in [9.17, 15) is 9.59 Å². The first-order valence-corrected chi connectivity index (χ1v) is 7.92. The lowest BCUT2D eigenvalue weighted by atomic mass is 10.2. The van der Waals surface area contributed by atoms with Crippen molar-refractivity contribution < 1.29 is 23.8 Å². The van der Waals surface area contributed by atoms with E-state index in [0.29, 0.717) is 28.3 Å². The zero-order valence-electron chi connectivity index (χ0n) is 14.9. The van der Waals surface area contributed by atoms with Crippen molar-refractivity contribution >= 4 is 23.6 Å². The van der Waals surface area contributed by atoms with Gasteiger partial charge in [0.05, 0.1) is 25.9 Å². The van der Waals surface area contributed by atoms with Crippen LogP contribution in [0.1, 0.15) is 11.1 Å². The van der Waals surface area contributed by atoms with Crippen LogP contribution in [0.2, 0.25) is 0 Å². The number of benzene rings is 2. The number of nitriles is 1. The third-order valence-electron chi connectivity index (χ3n) is 3.46. The van der Waals surface area contributed by atoms with Crippen molar-refractivity contribution in [2.45, 2.75) is 0 Å². The first kappa shape index (κ1) is 19.5. The maximum atomic E-state index is 11.8. The molecule has 0 radical (unpaired) electrons. The van der Waals surface area contributed by atoms with Gasteiger partial charge in [0.1, 0.15) is 0 Å². The van der Waals surface area contributed by atoms with Crippen molar-refractivity contribution in [3.63, 3.8) is 0 Å². The SMILES string of the molecule is COc1ccc(/C=C/C(=O)OCC(=O)Nc2ccc(C#N)cc2)cc1OC. The average molecular weight is 366 g/mol. The van der Waals surface area contributed by atoms with E-state index < -0.39 is 18.5 Å². The summed E-state index contributed by atoms with van der Waals surface area (Å²) >= 11 is 0. The number of hydrogen-bond acceptors (Lipinski definition) is 6. The molecule has 0 saturated heterocycles. The molecule has 0 saturated carbocycles. The van der Waals surface area contributed by atoms with Crippen LogP contribution < -0.4 is 14.8 Å². The highest BCUT2D eigenvalue weighted by Gasteiger charge is 2.07. The smallest absolute Gasteiger partial charge is 0.331 e. The summed E-state index contributed by atoms with van der Waals surface area (Å²) in [5.41, 5.74) is 1.71. The fraction of sp³-hybridized carbons (Fsp3) is 0.150. The Labute approximate surface area is 156 Å². The summed E-state index contributed by atoms with van der Waals surface area (Å²) in [5, 5.41) is 11.3. The Hall–Kier alpha value is -3.79. The van der Waals surface area contributed by atoms with Crippen LogP contribution in [-0.4, -0.2) is 32.7 Å². The summed E-state index contributed by atoms with van der Waals surface area (Å²) in [6.07, 6.45) is 2.76. The van der Waals surface area contributed by atoms with Gasteiger partial charge in [0.25, 0.3) is 5.91 Å².